The number of nitrogens with two attached hydrogens (primary N) is 1. The molecule has 0 aromatic carbocycles. The van der Waals surface area contributed by atoms with Gasteiger partial charge >= 0.3 is 0 Å². The van der Waals surface area contributed by atoms with Crippen molar-refractivity contribution in [1.29, 1.82) is 0 Å². The molecule has 162 valence electrons. The maximum absolute atomic E-state index is 10.2. The summed E-state index contributed by atoms with van der Waals surface area (Å²) in [4.78, 5) is 0. The Morgan fingerprint density at radius 2 is 1.74 bits per heavy atom. The molecule has 12 heteroatoms. The van der Waals surface area contributed by atoms with E-state index in [1.807, 2.05) is 0 Å². The first kappa shape index (κ1) is 24.6. The average molecular weight is 401 g/mol. The fourth-order valence-corrected chi connectivity index (χ4v) is 2.59. The molecule has 1 heterocycles. The lowest BCUT2D eigenvalue weighted by atomic mass is 9.98. The SMILES string of the molecule is COC(CO)C(O)C(O)C(O)OC1C(CO)OC(OCCCN)C(O)C1O. The minimum absolute atomic E-state index is 0.154. The Balaban J connectivity index is 2.74. The van der Waals surface area contributed by atoms with Crippen LogP contribution in [0.2, 0.25) is 0 Å². The second kappa shape index (κ2) is 12.2. The first-order chi connectivity index (χ1) is 12.8. The predicted octanol–water partition coefficient (Wildman–Crippen LogP) is -4.78. The van der Waals surface area contributed by atoms with Crippen molar-refractivity contribution in [1.82, 2.24) is 0 Å². The first-order valence-electron chi connectivity index (χ1n) is 8.59. The van der Waals surface area contributed by atoms with Gasteiger partial charge in [-0.3, -0.25) is 0 Å². The highest BCUT2D eigenvalue weighted by atomic mass is 16.7. The van der Waals surface area contributed by atoms with E-state index < -0.39 is 68.5 Å². The van der Waals surface area contributed by atoms with Crippen LogP contribution in [0, 0.1) is 0 Å². The minimum atomic E-state index is -2.04. The maximum atomic E-state index is 10.2. The number of ether oxygens (including phenoxy) is 4. The van der Waals surface area contributed by atoms with Crippen LogP contribution in [0.3, 0.4) is 0 Å². The van der Waals surface area contributed by atoms with Gasteiger partial charge in [-0.1, -0.05) is 0 Å². The van der Waals surface area contributed by atoms with Crippen LogP contribution >= 0.6 is 0 Å². The molecule has 0 radical (unpaired) electrons. The van der Waals surface area contributed by atoms with E-state index in [0.29, 0.717) is 13.0 Å². The van der Waals surface area contributed by atoms with E-state index in [1.54, 1.807) is 0 Å². The quantitative estimate of drug-likeness (QED) is 0.115. The molecule has 27 heavy (non-hydrogen) atoms. The van der Waals surface area contributed by atoms with Crippen molar-refractivity contribution in [3.8, 4) is 0 Å². The third kappa shape index (κ3) is 6.52. The lowest BCUT2D eigenvalue weighted by molar-refractivity contribution is -0.333. The van der Waals surface area contributed by atoms with Crippen LogP contribution in [-0.4, -0.2) is 125 Å². The van der Waals surface area contributed by atoms with Gasteiger partial charge in [0.15, 0.2) is 12.6 Å². The van der Waals surface area contributed by atoms with Crippen molar-refractivity contribution in [2.24, 2.45) is 5.73 Å². The van der Waals surface area contributed by atoms with Crippen LogP contribution in [0.25, 0.3) is 0 Å². The molecule has 0 aromatic rings. The van der Waals surface area contributed by atoms with Crippen molar-refractivity contribution in [3.63, 3.8) is 0 Å². The van der Waals surface area contributed by atoms with Gasteiger partial charge in [-0.2, -0.15) is 0 Å². The molecule has 1 saturated heterocycles. The van der Waals surface area contributed by atoms with Crippen LogP contribution in [0.5, 0.6) is 0 Å². The third-order valence-electron chi connectivity index (χ3n) is 4.25. The molecular weight excluding hydrogens is 370 g/mol. The smallest absolute Gasteiger partial charge is 0.186 e. The number of methoxy groups -OCH3 is 1. The largest absolute Gasteiger partial charge is 0.394 e. The van der Waals surface area contributed by atoms with Gasteiger partial charge in [0, 0.05) is 7.11 Å². The fourth-order valence-electron chi connectivity index (χ4n) is 2.59. The van der Waals surface area contributed by atoms with Gasteiger partial charge in [-0.05, 0) is 13.0 Å². The summed E-state index contributed by atoms with van der Waals surface area (Å²) < 4.78 is 20.5. The Morgan fingerprint density at radius 3 is 2.26 bits per heavy atom. The minimum Gasteiger partial charge on any atom is -0.394 e. The lowest BCUT2D eigenvalue weighted by Gasteiger charge is -2.43. The maximum Gasteiger partial charge on any atom is 0.186 e. The molecule has 1 fully saturated rings. The van der Waals surface area contributed by atoms with Gasteiger partial charge in [0.05, 0.1) is 19.8 Å². The molecule has 9 unspecified atom stereocenters. The van der Waals surface area contributed by atoms with Crippen molar-refractivity contribution in [2.75, 3.05) is 33.5 Å². The van der Waals surface area contributed by atoms with E-state index in [0.717, 1.165) is 0 Å². The molecule has 0 aromatic heterocycles. The normalized spacial score (nSPS) is 33.4. The van der Waals surface area contributed by atoms with E-state index in [2.05, 4.69) is 0 Å². The van der Waals surface area contributed by atoms with Gasteiger partial charge in [0.25, 0.3) is 0 Å². The topological polar surface area (TPSA) is 205 Å². The van der Waals surface area contributed by atoms with Crippen LogP contribution in [-0.2, 0) is 18.9 Å². The molecule has 12 nitrogen and oxygen atoms in total. The average Bonchev–Trinajstić information content (AvgIpc) is 2.67. The first-order valence-corrected chi connectivity index (χ1v) is 8.59. The summed E-state index contributed by atoms with van der Waals surface area (Å²) in [6.07, 6.45) is -13.4. The number of rotatable bonds is 12. The molecule has 0 amide bonds. The summed E-state index contributed by atoms with van der Waals surface area (Å²) in [7, 11) is 1.19. The summed E-state index contributed by atoms with van der Waals surface area (Å²) in [6.45, 7) is -0.769. The predicted molar refractivity (Wildman–Crippen MR) is 88.2 cm³/mol. The zero-order chi connectivity index (χ0) is 20.6. The molecule has 0 spiro atoms. The Morgan fingerprint density at radius 1 is 1.07 bits per heavy atom. The van der Waals surface area contributed by atoms with Gasteiger partial charge < -0.3 is 60.4 Å². The number of aliphatic hydroxyl groups is 7. The van der Waals surface area contributed by atoms with E-state index >= 15 is 0 Å². The van der Waals surface area contributed by atoms with Gasteiger partial charge in [0.1, 0.15) is 42.7 Å². The summed E-state index contributed by atoms with van der Waals surface area (Å²) >= 11 is 0. The number of aliphatic hydroxyl groups excluding tert-OH is 7. The standard InChI is InChI=1S/C15H31NO11/c1-24-7(5-17)9(19)11(21)14(23)27-13-8(6-18)26-15(12(22)10(13)20)25-4-2-3-16/h7-15,17-23H,2-6,16H2,1H3. The summed E-state index contributed by atoms with van der Waals surface area (Å²) in [5.74, 6) is 0. The van der Waals surface area contributed by atoms with E-state index in [4.69, 9.17) is 29.8 Å². The zero-order valence-corrected chi connectivity index (χ0v) is 15.1. The molecule has 9 N–H and O–H groups in total. The van der Waals surface area contributed by atoms with Crippen LogP contribution in [0.1, 0.15) is 6.42 Å². The molecule has 9 atom stereocenters. The Bertz CT molecular complexity index is 398. The summed E-state index contributed by atoms with van der Waals surface area (Å²) in [6, 6.07) is 0. The van der Waals surface area contributed by atoms with Gasteiger partial charge in [-0.25, -0.2) is 0 Å². The second-order valence-electron chi connectivity index (χ2n) is 6.15. The Labute approximate surface area is 156 Å². The Hall–Kier alpha value is -0.480. The zero-order valence-electron chi connectivity index (χ0n) is 15.1. The monoisotopic (exact) mass is 401 g/mol. The van der Waals surface area contributed by atoms with Crippen molar-refractivity contribution < 1.29 is 54.7 Å². The third-order valence-corrected chi connectivity index (χ3v) is 4.25. The fraction of sp³-hybridized carbons (Fsp3) is 1.00. The highest BCUT2D eigenvalue weighted by molar-refractivity contribution is 4.91. The molecular formula is C15H31NO11. The lowest BCUT2D eigenvalue weighted by Crippen LogP contribution is -2.62. The summed E-state index contributed by atoms with van der Waals surface area (Å²) in [5, 5.41) is 68.7. The molecule has 0 aliphatic carbocycles. The molecule has 0 saturated carbocycles. The van der Waals surface area contributed by atoms with Gasteiger partial charge in [-0.15, -0.1) is 0 Å². The summed E-state index contributed by atoms with van der Waals surface area (Å²) in [5.41, 5.74) is 5.34. The van der Waals surface area contributed by atoms with Crippen LogP contribution < -0.4 is 5.73 Å². The van der Waals surface area contributed by atoms with Crippen molar-refractivity contribution in [2.45, 2.75) is 61.7 Å². The number of hydrogen-bond acceptors (Lipinski definition) is 12. The van der Waals surface area contributed by atoms with Gasteiger partial charge in [0.2, 0.25) is 0 Å². The van der Waals surface area contributed by atoms with Crippen molar-refractivity contribution >= 4 is 0 Å². The van der Waals surface area contributed by atoms with Crippen molar-refractivity contribution in [3.05, 3.63) is 0 Å². The van der Waals surface area contributed by atoms with E-state index in [9.17, 15) is 30.6 Å². The van der Waals surface area contributed by atoms with Crippen LogP contribution in [0.4, 0.5) is 0 Å². The van der Waals surface area contributed by atoms with E-state index in [-0.39, 0.29) is 6.61 Å². The molecule has 0 bridgehead atoms. The van der Waals surface area contributed by atoms with E-state index in [1.165, 1.54) is 7.11 Å². The second-order valence-corrected chi connectivity index (χ2v) is 6.15. The Kier molecular flexibility index (Phi) is 11.1. The van der Waals surface area contributed by atoms with Crippen LogP contribution in [0.15, 0.2) is 0 Å². The molecule has 1 aliphatic heterocycles. The molecule has 1 aliphatic rings. The number of hydrogen-bond donors (Lipinski definition) is 8. The highest BCUT2D eigenvalue weighted by Gasteiger charge is 2.47. The highest BCUT2D eigenvalue weighted by Crippen LogP contribution is 2.26. The molecule has 1 rings (SSSR count).